The maximum Gasteiger partial charge on any atom is 0.251 e. The van der Waals surface area contributed by atoms with Gasteiger partial charge in [-0.05, 0) is 30.9 Å². The Balaban J connectivity index is 1.60. The van der Waals surface area contributed by atoms with Crippen molar-refractivity contribution in [2.75, 3.05) is 19.6 Å². The third-order valence-electron chi connectivity index (χ3n) is 3.84. The van der Waals surface area contributed by atoms with Gasteiger partial charge in [-0.3, -0.25) is 4.79 Å². The first kappa shape index (κ1) is 11.3. The zero-order valence-corrected chi connectivity index (χ0v) is 10.4. The van der Waals surface area contributed by atoms with E-state index in [-0.39, 0.29) is 5.91 Å². The van der Waals surface area contributed by atoms with Crippen LogP contribution in [-0.4, -0.2) is 30.4 Å². The highest BCUT2D eigenvalue weighted by atomic mass is 16.1. The molecule has 3 nitrogen and oxygen atoms in total. The smallest absolute Gasteiger partial charge is 0.251 e. The van der Waals surface area contributed by atoms with Crippen molar-refractivity contribution in [2.24, 2.45) is 5.92 Å². The van der Waals surface area contributed by atoms with Crippen LogP contribution in [0.4, 0.5) is 0 Å². The molecule has 1 saturated heterocycles. The van der Waals surface area contributed by atoms with Crippen LogP contribution in [0.3, 0.4) is 0 Å². The molecule has 1 aromatic rings. The summed E-state index contributed by atoms with van der Waals surface area (Å²) in [6.45, 7) is 2.96. The summed E-state index contributed by atoms with van der Waals surface area (Å²) in [5, 5.41) is 3.00. The molecule has 1 amide bonds. The van der Waals surface area contributed by atoms with E-state index in [1.807, 2.05) is 30.3 Å². The SMILES string of the molecule is O=C(NCC1=CC2CCN1CC2)c1ccccc1. The van der Waals surface area contributed by atoms with Crippen LogP contribution in [-0.2, 0) is 0 Å². The second-order valence-electron chi connectivity index (χ2n) is 5.03. The van der Waals surface area contributed by atoms with Gasteiger partial charge in [-0.25, -0.2) is 0 Å². The maximum atomic E-state index is 11.9. The van der Waals surface area contributed by atoms with E-state index in [2.05, 4.69) is 16.3 Å². The van der Waals surface area contributed by atoms with E-state index in [9.17, 15) is 4.79 Å². The van der Waals surface area contributed by atoms with Crippen molar-refractivity contribution in [2.45, 2.75) is 12.8 Å². The quantitative estimate of drug-likeness (QED) is 0.879. The van der Waals surface area contributed by atoms with Crippen molar-refractivity contribution in [1.29, 1.82) is 0 Å². The summed E-state index contributed by atoms with van der Waals surface area (Å²) in [6, 6.07) is 9.39. The van der Waals surface area contributed by atoms with E-state index in [0.29, 0.717) is 6.54 Å². The highest BCUT2D eigenvalue weighted by molar-refractivity contribution is 5.94. The first-order valence-corrected chi connectivity index (χ1v) is 6.62. The standard InChI is InChI=1S/C15H18N2O/c18-15(13-4-2-1-3-5-13)16-11-14-10-12-6-8-17(14)9-7-12/h1-5,10,12H,6-9,11H2,(H,16,18). The number of carbonyl (C=O) groups excluding carboxylic acids is 1. The third-order valence-corrected chi connectivity index (χ3v) is 3.84. The summed E-state index contributed by atoms with van der Waals surface area (Å²) in [7, 11) is 0. The number of allylic oxidation sites excluding steroid dienone is 1. The zero-order valence-electron chi connectivity index (χ0n) is 10.4. The number of nitrogens with zero attached hydrogens (tertiary/aromatic N) is 1. The molecule has 1 N–H and O–H groups in total. The van der Waals surface area contributed by atoms with E-state index >= 15 is 0 Å². The summed E-state index contributed by atoms with van der Waals surface area (Å²) in [5.41, 5.74) is 2.02. The van der Waals surface area contributed by atoms with Gasteiger partial charge in [0.2, 0.25) is 0 Å². The Labute approximate surface area is 107 Å². The second-order valence-corrected chi connectivity index (χ2v) is 5.03. The molecule has 0 radical (unpaired) electrons. The summed E-state index contributed by atoms with van der Waals surface area (Å²) < 4.78 is 0. The van der Waals surface area contributed by atoms with Gasteiger partial charge >= 0.3 is 0 Å². The Morgan fingerprint density at radius 2 is 1.94 bits per heavy atom. The van der Waals surface area contributed by atoms with E-state index < -0.39 is 0 Å². The average molecular weight is 242 g/mol. The molecule has 2 bridgehead atoms. The molecule has 0 saturated carbocycles. The minimum absolute atomic E-state index is 0.0131. The number of hydrogen-bond donors (Lipinski definition) is 1. The number of benzene rings is 1. The number of nitrogens with one attached hydrogen (secondary N) is 1. The number of amides is 1. The first-order valence-electron chi connectivity index (χ1n) is 6.62. The van der Waals surface area contributed by atoms with Gasteiger partial charge in [-0.15, -0.1) is 0 Å². The topological polar surface area (TPSA) is 32.3 Å². The van der Waals surface area contributed by atoms with E-state index in [0.717, 1.165) is 24.6 Å². The van der Waals surface area contributed by atoms with Crippen molar-refractivity contribution < 1.29 is 4.79 Å². The predicted octanol–water partition coefficient (Wildman–Crippen LogP) is 2.03. The Morgan fingerprint density at radius 3 is 2.56 bits per heavy atom. The lowest BCUT2D eigenvalue weighted by Gasteiger charge is -2.40. The Kier molecular flexibility index (Phi) is 3.05. The molecule has 1 aromatic carbocycles. The molecule has 3 heteroatoms. The van der Waals surface area contributed by atoms with Gasteiger partial charge in [0.15, 0.2) is 0 Å². The molecule has 0 aliphatic carbocycles. The highest BCUT2D eigenvalue weighted by Gasteiger charge is 2.25. The lowest BCUT2D eigenvalue weighted by molar-refractivity contribution is 0.0950. The number of fused-ring (bicyclic) bond motifs is 2. The molecular formula is C15H18N2O. The van der Waals surface area contributed by atoms with Gasteiger partial charge in [-0.2, -0.15) is 0 Å². The average Bonchev–Trinajstić information content (AvgIpc) is 2.47. The fourth-order valence-electron chi connectivity index (χ4n) is 2.76. The van der Waals surface area contributed by atoms with Crippen LogP contribution in [0.2, 0.25) is 0 Å². The summed E-state index contributed by atoms with van der Waals surface area (Å²) in [6.07, 6.45) is 4.88. The summed E-state index contributed by atoms with van der Waals surface area (Å²) >= 11 is 0. The molecule has 4 rings (SSSR count). The summed E-state index contributed by atoms with van der Waals surface area (Å²) in [4.78, 5) is 14.3. The van der Waals surface area contributed by atoms with Gasteiger partial charge in [0, 0.05) is 24.4 Å². The molecule has 0 unspecified atom stereocenters. The fourth-order valence-corrected chi connectivity index (χ4v) is 2.76. The van der Waals surface area contributed by atoms with Crippen LogP contribution in [0.1, 0.15) is 23.2 Å². The third kappa shape index (κ3) is 2.26. The van der Waals surface area contributed by atoms with Crippen LogP contribution in [0.5, 0.6) is 0 Å². The van der Waals surface area contributed by atoms with E-state index in [1.54, 1.807) is 0 Å². The van der Waals surface area contributed by atoms with Crippen molar-refractivity contribution in [3.05, 3.63) is 47.7 Å². The lowest BCUT2D eigenvalue weighted by atomic mass is 9.90. The largest absolute Gasteiger partial charge is 0.374 e. The van der Waals surface area contributed by atoms with Crippen molar-refractivity contribution in [3.63, 3.8) is 0 Å². The van der Waals surface area contributed by atoms with Crippen LogP contribution in [0.25, 0.3) is 0 Å². The van der Waals surface area contributed by atoms with Crippen molar-refractivity contribution in [3.8, 4) is 0 Å². The second kappa shape index (κ2) is 4.84. The minimum Gasteiger partial charge on any atom is -0.374 e. The van der Waals surface area contributed by atoms with Crippen LogP contribution in [0.15, 0.2) is 42.1 Å². The van der Waals surface area contributed by atoms with Gasteiger partial charge in [-0.1, -0.05) is 24.3 Å². The van der Waals surface area contributed by atoms with Crippen LogP contribution in [0, 0.1) is 5.92 Å². The van der Waals surface area contributed by atoms with Crippen LogP contribution < -0.4 is 5.32 Å². The van der Waals surface area contributed by atoms with Gasteiger partial charge in [0.05, 0.1) is 6.54 Å². The minimum atomic E-state index is 0.0131. The zero-order chi connectivity index (χ0) is 12.4. The Bertz CT molecular complexity index is 459. The molecule has 3 heterocycles. The number of hydrogen-bond acceptors (Lipinski definition) is 2. The normalized spacial score (nSPS) is 18.7. The molecule has 0 aromatic heterocycles. The maximum absolute atomic E-state index is 11.9. The van der Waals surface area contributed by atoms with Crippen LogP contribution >= 0.6 is 0 Å². The van der Waals surface area contributed by atoms with Gasteiger partial charge in [0.1, 0.15) is 0 Å². The van der Waals surface area contributed by atoms with Crippen molar-refractivity contribution >= 4 is 5.91 Å². The molecule has 3 aliphatic heterocycles. The molecule has 3 aliphatic rings. The monoisotopic (exact) mass is 242 g/mol. The molecule has 0 spiro atoms. The van der Waals surface area contributed by atoms with Gasteiger partial charge in [0.25, 0.3) is 5.91 Å². The molecule has 18 heavy (non-hydrogen) atoms. The highest BCUT2D eigenvalue weighted by Crippen LogP contribution is 2.28. The fraction of sp³-hybridized carbons (Fsp3) is 0.400. The summed E-state index contributed by atoms with van der Waals surface area (Å²) in [5.74, 6) is 0.748. The Morgan fingerprint density at radius 1 is 1.22 bits per heavy atom. The number of piperidine rings is 1. The Hall–Kier alpha value is -1.77. The molecular weight excluding hydrogens is 224 g/mol. The van der Waals surface area contributed by atoms with Crippen molar-refractivity contribution in [1.82, 2.24) is 10.2 Å². The number of carbonyl (C=O) groups is 1. The van der Waals surface area contributed by atoms with E-state index in [4.69, 9.17) is 0 Å². The number of rotatable bonds is 3. The molecule has 94 valence electrons. The molecule has 0 atom stereocenters. The first-order chi connectivity index (χ1) is 8.83. The molecule has 1 fully saturated rings. The predicted molar refractivity (Wildman–Crippen MR) is 71.2 cm³/mol. The lowest BCUT2D eigenvalue weighted by Crippen LogP contribution is -2.41. The van der Waals surface area contributed by atoms with Gasteiger partial charge < -0.3 is 10.2 Å². The van der Waals surface area contributed by atoms with E-state index in [1.165, 1.54) is 18.5 Å².